The fraction of sp³-hybridized carbons (Fsp3) is 0.158. The molecule has 9 heteroatoms. The van der Waals surface area contributed by atoms with Gasteiger partial charge in [-0.2, -0.15) is 4.68 Å². The van der Waals surface area contributed by atoms with Gasteiger partial charge >= 0.3 is 5.82 Å². The molecular formula is C19H18N4O5. The maximum Gasteiger partial charge on any atom is 0.389 e. The molecule has 0 aliphatic carbocycles. The minimum Gasteiger partial charge on any atom is -0.494 e. The van der Waals surface area contributed by atoms with Gasteiger partial charge in [-0.25, -0.2) is 0 Å². The normalized spacial score (nSPS) is 10.3. The lowest BCUT2D eigenvalue weighted by atomic mass is 10.3. The van der Waals surface area contributed by atoms with Gasteiger partial charge in [0, 0.05) is 5.69 Å². The van der Waals surface area contributed by atoms with Crippen LogP contribution in [0, 0.1) is 10.1 Å². The minimum absolute atomic E-state index is 0.127. The Morgan fingerprint density at radius 3 is 2.25 bits per heavy atom. The first-order chi connectivity index (χ1) is 13.5. The Bertz CT molecular complexity index is 951. The van der Waals surface area contributed by atoms with Crippen LogP contribution in [0.2, 0.25) is 0 Å². The van der Waals surface area contributed by atoms with Crippen molar-refractivity contribution in [1.82, 2.24) is 9.78 Å². The monoisotopic (exact) mass is 382 g/mol. The first kappa shape index (κ1) is 18.9. The number of hydrogen-bond acceptors (Lipinski definition) is 6. The van der Waals surface area contributed by atoms with E-state index in [4.69, 9.17) is 9.47 Å². The Hall–Kier alpha value is -3.88. The number of aromatic nitrogens is 2. The third-order valence-electron chi connectivity index (χ3n) is 3.63. The molecule has 0 unspecified atom stereocenters. The summed E-state index contributed by atoms with van der Waals surface area (Å²) in [5.41, 5.74) is 0.575. The van der Waals surface area contributed by atoms with Crippen molar-refractivity contribution in [3.05, 3.63) is 70.9 Å². The molecule has 9 nitrogen and oxygen atoms in total. The van der Waals surface area contributed by atoms with Gasteiger partial charge in [0.15, 0.2) is 0 Å². The molecule has 1 amide bonds. The molecule has 0 aliphatic heterocycles. The Balaban J connectivity index is 1.54. The third kappa shape index (κ3) is 5.07. The lowest BCUT2D eigenvalue weighted by Gasteiger charge is -2.09. The van der Waals surface area contributed by atoms with Gasteiger partial charge in [-0.3, -0.25) is 4.79 Å². The predicted octanol–water partition coefficient (Wildman–Crippen LogP) is 3.62. The summed E-state index contributed by atoms with van der Waals surface area (Å²) in [6, 6.07) is 15.4. The molecule has 0 fully saturated rings. The number of rotatable bonds is 8. The Kier molecular flexibility index (Phi) is 5.85. The number of ether oxygens (including phenoxy) is 2. The summed E-state index contributed by atoms with van der Waals surface area (Å²) in [5, 5.41) is 17.0. The van der Waals surface area contributed by atoms with Crippen LogP contribution in [-0.4, -0.2) is 27.2 Å². The summed E-state index contributed by atoms with van der Waals surface area (Å²) in [6.45, 7) is 2.40. The van der Waals surface area contributed by atoms with E-state index in [1.165, 1.54) is 16.9 Å². The van der Waals surface area contributed by atoms with Crippen LogP contribution in [0.1, 0.15) is 6.92 Å². The van der Waals surface area contributed by atoms with Crippen molar-refractivity contribution in [1.29, 1.82) is 0 Å². The van der Waals surface area contributed by atoms with Gasteiger partial charge in [0.1, 0.15) is 23.8 Å². The number of carbonyl (C=O) groups is 1. The molecule has 1 aromatic heterocycles. The molecule has 0 saturated carbocycles. The van der Waals surface area contributed by atoms with E-state index in [1.807, 2.05) is 31.2 Å². The Morgan fingerprint density at radius 2 is 1.68 bits per heavy atom. The summed E-state index contributed by atoms with van der Waals surface area (Å²) >= 11 is 0. The smallest absolute Gasteiger partial charge is 0.389 e. The van der Waals surface area contributed by atoms with Crippen LogP contribution in [0.25, 0.3) is 0 Å². The average Bonchev–Trinajstić information content (AvgIpc) is 3.14. The van der Waals surface area contributed by atoms with Crippen LogP contribution in [0.3, 0.4) is 0 Å². The predicted molar refractivity (Wildman–Crippen MR) is 102 cm³/mol. The molecule has 0 aliphatic rings. The number of hydrogen-bond donors (Lipinski definition) is 1. The molecule has 2 aromatic carbocycles. The summed E-state index contributed by atoms with van der Waals surface area (Å²) in [5.74, 6) is 1.41. The van der Waals surface area contributed by atoms with Crippen molar-refractivity contribution in [2.24, 2.45) is 0 Å². The van der Waals surface area contributed by atoms with Gasteiger partial charge < -0.3 is 24.9 Å². The number of nitrogens with zero attached hydrogens (tertiary/aromatic N) is 3. The fourth-order valence-electron chi connectivity index (χ4n) is 2.40. The molecular weight excluding hydrogens is 364 g/mol. The summed E-state index contributed by atoms with van der Waals surface area (Å²) < 4.78 is 12.3. The summed E-state index contributed by atoms with van der Waals surface area (Å²) in [4.78, 5) is 22.0. The van der Waals surface area contributed by atoms with Crippen molar-refractivity contribution in [2.45, 2.75) is 13.5 Å². The van der Waals surface area contributed by atoms with E-state index in [0.717, 1.165) is 5.75 Å². The molecule has 3 rings (SSSR count). The number of anilines is 1. The van der Waals surface area contributed by atoms with Crippen LogP contribution in [0.4, 0.5) is 11.5 Å². The Labute approximate surface area is 160 Å². The van der Waals surface area contributed by atoms with Crippen LogP contribution in [0.15, 0.2) is 60.8 Å². The first-order valence-corrected chi connectivity index (χ1v) is 8.52. The van der Waals surface area contributed by atoms with Gasteiger partial charge in [0.2, 0.25) is 5.91 Å². The van der Waals surface area contributed by atoms with Gasteiger partial charge in [-0.05, 0) is 60.4 Å². The van der Waals surface area contributed by atoms with Crippen molar-refractivity contribution in [3.8, 4) is 17.2 Å². The van der Waals surface area contributed by atoms with E-state index < -0.39 is 4.92 Å². The lowest BCUT2D eigenvalue weighted by Crippen LogP contribution is -2.19. The highest BCUT2D eigenvalue weighted by molar-refractivity contribution is 5.90. The molecule has 0 radical (unpaired) electrons. The molecule has 1 N–H and O–H groups in total. The zero-order chi connectivity index (χ0) is 19.9. The fourth-order valence-corrected chi connectivity index (χ4v) is 2.40. The highest BCUT2D eigenvalue weighted by Crippen LogP contribution is 2.25. The maximum absolute atomic E-state index is 12.0. The Morgan fingerprint density at radius 1 is 1.07 bits per heavy atom. The highest BCUT2D eigenvalue weighted by Gasteiger charge is 2.13. The minimum atomic E-state index is -0.614. The second kappa shape index (κ2) is 8.67. The molecule has 28 heavy (non-hydrogen) atoms. The summed E-state index contributed by atoms with van der Waals surface area (Å²) in [6.07, 6.45) is 1.38. The van der Waals surface area contributed by atoms with Crippen molar-refractivity contribution in [2.75, 3.05) is 11.9 Å². The van der Waals surface area contributed by atoms with E-state index in [-0.39, 0.29) is 18.3 Å². The van der Waals surface area contributed by atoms with Crippen LogP contribution in [-0.2, 0) is 11.3 Å². The highest BCUT2D eigenvalue weighted by atomic mass is 16.6. The second-order valence-electron chi connectivity index (χ2n) is 5.71. The van der Waals surface area contributed by atoms with E-state index in [2.05, 4.69) is 10.4 Å². The zero-order valence-electron chi connectivity index (χ0n) is 15.1. The maximum atomic E-state index is 12.0. The third-order valence-corrected chi connectivity index (χ3v) is 3.63. The molecule has 1 heterocycles. The number of carbonyl (C=O) groups excluding carboxylic acids is 1. The van der Waals surface area contributed by atoms with Crippen LogP contribution < -0.4 is 14.8 Å². The summed E-state index contributed by atoms with van der Waals surface area (Å²) in [7, 11) is 0. The number of amides is 1. The molecule has 3 aromatic rings. The van der Waals surface area contributed by atoms with Gasteiger partial charge in [-0.1, -0.05) is 0 Å². The van der Waals surface area contributed by atoms with Crippen LogP contribution >= 0.6 is 0 Å². The van der Waals surface area contributed by atoms with Gasteiger partial charge in [0.05, 0.1) is 24.0 Å². The van der Waals surface area contributed by atoms with Crippen molar-refractivity contribution < 1.29 is 19.2 Å². The average molecular weight is 382 g/mol. The molecule has 0 atom stereocenters. The molecule has 144 valence electrons. The van der Waals surface area contributed by atoms with E-state index in [1.54, 1.807) is 24.3 Å². The topological polar surface area (TPSA) is 109 Å². The van der Waals surface area contributed by atoms with Crippen molar-refractivity contribution >= 4 is 17.4 Å². The lowest BCUT2D eigenvalue weighted by molar-refractivity contribution is -0.389. The molecule has 0 saturated heterocycles. The van der Waals surface area contributed by atoms with Gasteiger partial charge in [-0.15, -0.1) is 0 Å². The van der Waals surface area contributed by atoms with E-state index in [0.29, 0.717) is 23.8 Å². The molecule has 0 bridgehead atoms. The van der Waals surface area contributed by atoms with Gasteiger partial charge in [0.25, 0.3) is 0 Å². The molecule has 0 spiro atoms. The second-order valence-corrected chi connectivity index (χ2v) is 5.71. The zero-order valence-corrected chi connectivity index (χ0v) is 15.1. The van der Waals surface area contributed by atoms with Crippen LogP contribution in [0.5, 0.6) is 17.2 Å². The van der Waals surface area contributed by atoms with E-state index in [9.17, 15) is 14.9 Å². The van der Waals surface area contributed by atoms with Crippen molar-refractivity contribution in [3.63, 3.8) is 0 Å². The largest absolute Gasteiger partial charge is 0.494 e. The number of nitro groups is 1. The number of benzene rings is 2. The van der Waals surface area contributed by atoms with E-state index >= 15 is 0 Å². The first-order valence-electron chi connectivity index (χ1n) is 8.52. The quantitative estimate of drug-likeness (QED) is 0.471. The number of nitrogens with one attached hydrogen (secondary N) is 1. The SMILES string of the molecule is CCOc1ccc(Oc2ccc(NC(=O)Cn3ccc([N+](=O)[O-])n3)cc2)cc1. The standard InChI is InChI=1S/C19H18N4O5/c1-2-27-15-7-9-17(10-8-15)28-16-5-3-14(4-6-16)20-19(24)13-22-12-11-18(21-22)23(25)26/h3-12H,2,13H2,1H3,(H,20,24).